The van der Waals surface area contributed by atoms with Crippen LogP contribution in [0.25, 0.3) is 0 Å². The van der Waals surface area contributed by atoms with Crippen LogP contribution in [0, 0.1) is 0 Å². The van der Waals surface area contributed by atoms with E-state index in [4.69, 9.17) is 0 Å². The van der Waals surface area contributed by atoms with Gasteiger partial charge in [0.1, 0.15) is 6.04 Å². The SMILES string of the molecule is CC(NC(=O)c1ccc(C(C)(C)C)cc1)C(=O)NCCCN1CCN(C)CC1. The molecule has 1 unspecified atom stereocenters. The maximum absolute atomic E-state index is 12.4. The molecule has 6 nitrogen and oxygen atoms in total. The molecule has 1 heterocycles. The van der Waals surface area contributed by atoms with Crippen molar-refractivity contribution in [2.24, 2.45) is 0 Å². The molecule has 0 aromatic heterocycles. The summed E-state index contributed by atoms with van der Waals surface area (Å²) in [7, 11) is 2.15. The molecular weight excluding hydrogens is 352 g/mol. The van der Waals surface area contributed by atoms with Gasteiger partial charge in [-0.3, -0.25) is 9.59 Å². The fraction of sp³-hybridized carbons (Fsp3) is 0.636. The lowest BCUT2D eigenvalue weighted by Crippen LogP contribution is -2.46. The summed E-state index contributed by atoms with van der Waals surface area (Å²) in [5.74, 6) is -0.362. The summed E-state index contributed by atoms with van der Waals surface area (Å²) in [4.78, 5) is 29.4. The third-order valence-electron chi connectivity index (χ3n) is 5.30. The molecule has 2 rings (SSSR count). The van der Waals surface area contributed by atoms with Crippen molar-refractivity contribution in [3.05, 3.63) is 35.4 Å². The molecule has 1 saturated heterocycles. The number of amides is 2. The van der Waals surface area contributed by atoms with E-state index in [0.29, 0.717) is 12.1 Å². The second-order valence-corrected chi connectivity index (χ2v) is 8.81. The highest BCUT2D eigenvalue weighted by molar-refractivity contribution is 5.97. The molecule has 0 spiro atoms. The van der Waals surface area contributed by atoms with Crippen molar-refractivity contribution in [2.75, 3.05) is 46.3 Å². The minimum atomic E-state index is -0.557. The van der Waals surface area contributed by atoms with E-state index in [1.54, 1.807) is 6.92 Å². The first-order valence-electron chi connectivity index (χ1n) is 10.3. The Labute approximate surface area is 169 Å². The minimum Gasteiger partial charge on any atom is -0.354 e. The fourth-order valence-electron chi connectivity index (χ4n) is 3.21. The first-order valence-corrected chi connectivity index (χ1v) is 10.3. The van der Waals surface area contributed by atoms with Crippen LogP contribution in [-0.4, -0.2) is 74.0 Å². The molecule has 156 valence electrons. The van der Waals surface area contributed by atoms with Crippen molar-refractivity contribution in [1.29, 1.82) is 0 Å². The van der Waals surface area contributed by atoms with Crippen LogP contribution in [0.15, 0.2) is 24.3 Å². The first-order chi connectivity index (χ1) is 13.2. The minimum absolute atomic E-state index is 0.0479. The number of nitrogens with zero attached hydrogens (tertiary/aromatic N) is 2. The Morgan fingerprint density at radius 2 is 1.68 bits per heavy atom. The first kappa shape index (κ1) is 22.4. The maximum atomic E-state index is 12.4. The summed E-state index contributed by atoms with van der Waals surface area (Å²) in [5, 5.41) is 5.71. The lowest BCUT2D eigenvalue weighted by Gasteiger charge is -2.32. The number of hydrogen-bond donors (Lipinski definition) is 2. The van der Waals surface area contributed by atoms with Crippen LogP contribution in [0.4, 0.5) is 0 Å². The van der Waals surface area contributed by atoms with Crippen molar-refractivity contribution in [3.8, 4) is 0 Å². The Bertz CT molecular complexity index is 643. The van der Waals surface area contributed by atoms with Gasteiger partial charge in [0.15, 0.2) is 0 Å². The van der Waals surface area contributed by atoms with E-state index in [0.717, 1.165) is 39.1 Å². The van der Waals surface area contributed by atoms with Crippen LogP contribution in [0.3, 0.4) is 0 Å². The van der Waals surface area contributed by atoms with E-state index in [-0.39, 0.29) is 17.2 Å². The van der Waals surface area contributed by atoms with Gasteiger partial charge in [0.2, 0.25) is 5.91 Å². The number of hydrogen-bond acceptors (Lipinski definition) is 4. The molecule has 0 bridgehead atoms. The van der Waals surface area contributed by atoms with Gasteiger partial charge in [-0.05, 0) is 50.0 Å². The summed E-state index contributed by atoms with van der Waals surface area (Å²) in [6, 6.07) is 7.02. The third kappa shape index (κ3) is 6.91. The van der Waals surface area contributed by atoms with Gasteiger partial charge in [0, 0.05) is 38.3 Å². The Kier molecular flexibility index (Phi) is 8.01. The monoisotopic (exact) mass is 388 g/mol. The number of likely N-dealkylation sites (N-methyl/N-ethyl adjacent to an activating group) is 1. The van der Waals surface area contributed by atoms with Gasteiger partial charge >= 0.3 is 0 Å². The molecule has 2 amide bonds. The zero-order valence-corrected chi connectivity index (χ0v) is 18.0. The Balaban J connectivity index is 1.70. The molecule has 0 radical (unpaired) electrons. The largest absolute Gasteiger partial charge is 0.354 e. The summed E-state index contributed by atoms with van der Waals surface area (Å²) >= 11 is 0. The van der Waals surface area contributed by atoms with Crippen LogP contribution in [0.5, 0.6) is 0 Å². The van der Waals surface area contributed by atoms with Crippen molar-refractivity contribution in [1.82, 2.24) is 20.4 Å². The molecule has 6 heteroatoms. The lowest BCUT2D eigenvalue weighted by molar-refractivity contribution is -0.122. The highest BCUT2D eigenvalue weighted by Gasteiger charge is 2.18. The number of benzene rings is 1. The van der Waals surface area contributed by atoms with E-state index in [9.17, 15) is 9.59 Å². The van der Waals surface area contributed by atoms with E-state index in [2.05, 4.69) is 48.3 Å². The van der Waals surface area contributed by atoms with Crippen LogP contribution in [0.1, 0.15) is 50.0 Å². The van der Waals surface area contributed by atoms with E-state index in [1.807, 2.05) is 24.3 Å². The van der Waals surface area contributed by atoms with Gasteiger partial charge in [0.25, 0.3) is 5.91 Å². The second-order valence-electron chi connectivity index (χ2n) is 8.81. The molecular formula is C22H36N4O2. The van der Waals surface area contributed by atoms with E-state index < -0.39 is 6.04 Å². The lowest BCUT2D eigenvalue weighted by atomic mass is 9.86. The zero-order chi connectivity index (χ0) is 20.7. The predicted octanol–water partition coefficient (Wildman–Crippen LogP) is 1.86. The van der Waals surface area contributed by atoms with Gasteiger partial charge < -0.3 is 20.4 Å². The molecule has 1 atom stereocenters. The van der Waals surface area contributed by atoms with Gasteiger partial charge in [0.05, 0.1) is 0 Å². The number of nitrogens with one attached hydrogen (secondary N) is 2. The normalized spacial score (nSPS) is 17.2. The average molecular weight is 389 g/mol. The molecule has 1 aliphatic rings. The molecule has 1 aliphatic heterocycles. The summed E-state index contributed by atoms with van der Waals surface area (Å²) in [6.45, 7) is 14.1. The Hall–Kier alpha value is -1.92. The quantitative estimate of drug-likeness (QED) is 0.700. The zero-order valence-electron chi connectivity index (χ0n) is 18.0. The van der Waals surface area contributed by atoms with Gasteiger partial charge in [-0.25, -0.2) is 0 Å². The van der Waals surface area contributed by atoms with Gasteiger partial charge in [-0.15, -0.1) is 0 Å². The standard InChI is InChI=1S/C22H36N4O2/c1-17(20(27)23-11-6-12-26-15-13-25(5)14-16-26)24-21(28)18-7-9-19(10-8-18)22(2,3)4/h7-10,17H,6,11-16H2,1-5H3,(H,23,27)(H,24,28). The molecule has 1 aromatic carbocycles. The van der Waals surface area contributed by atoms with Crippen LogP contribution < -0.4 is 10.6 Å². The number of rotatable bonds is 7. The van der Waals surface area contributed by atoms with Gasteiger partial charge in [-0.1, -0.05) is 32.9 Å². The number of carbonyl (C=O) groups is 2. The van der Waals surface area contributed by atoms with E-state index >= 15 is 0 Å². The highest BCUT2D eigenvalue weighted by atomic mass is 16.2. The third-order valence-corrected chi connectivity index (χ3v) is 5.30. The van der Waals surface area contributed by atoms with Crippen molar-refractivity contribution in [2.45, 2.75) is 45.6 Å². The predicted molar refractivity (Wildman–Crippen MR) is 114 cm³/mol. The molecule has 1 fully saturated rings. The maximum Gasteiger partial charge on any atom is 0.251 e. The Morgan fingerprint density at radius 1 is 1.07 bits per heavy atom. The fourth-order valence-corrected chi connectivity index (χ4v) is 3.21. The topological polar surface area (TPSA) is 64.7 Å². The second kappa shape index (κ2) is 10.0. The van der Waals surface area contributed by atoms with Crippen molar-refractivity contribution < 1.29 is 9.59 Å². The van der Waals surface area contributed by atoms with Crippen LogP contribution in [0.2, 0.25) is 0 Å². The van der Waals surface area contributed by atoms with Crippen LogP contribution >= 0.6 is 0 Å². The van der Waals surface area contributed by atoms with E-state index in [1.165, 1.54) is 5.56 Å². The molecule has 1 aromatic rings. The van der Waals surface area contributed by atoms with Gasteiger partial charge in [-0.2, -0.15) is 0 Å². The summed E-state index contributed by atoms with van der Waals surface area (Å²) in [5.41, 5.74) is 1.80. The summed E-state index contributed by atoms with van der Waals surface area (Å²) < 4.78 is 0. The van der Waals surface area contributed by atoms with Crippen LogP contribution in [-0.2, 0) is 10.2 Å². The van der Waals surface area contributed by atoms with Crippen molar-refractivity contribution >= 4 is 11.8 Å². The number of piperazine rings is 1. The van der Waals surface area contributed by atoms with Crippen molar-refractivity contribution in [3.63, 3.8) is 0 Å². The summed E-state index contributed by atoms with van der Waals surface area (Å²) in [6.07, 6.45) is 0.921. The average Bonchev–Trinajstić information content (AvgIpc) is 2.65. The molecule has 0 aliphatic carbocycles. The molecule has 0 saturated carbocycles. The number of carbonyl (C=O) groups excluding carboxylic acids is 2. The molecule has 28 heavy (non-hydrogen) atoms. The molecule has 2 N–H and O–H groups in total. The smallest absolute Gasteiger partial charge is 0.251 e. The highest BCUT2D eigenvalue weighted by Crippen LogP contribution is 2.22. The Morgan fingerprint density at radius 3 is 2.25 bits per heavy atom.